The van der Waals surface area contributed by atoms with Crippen LogP contribution in [-0.4, -0.2) is 10.4 Å². The van der Waals surface area contributed by atoms with Crippen molar-refractivity contribution in [2.45, 2.75) is 26.3 Å². The van der Waals surface area contributed by atoms with Gasteiger partial charge in [0.15, 0.2) is 5.78 Å². The normalized spacial score (nSPS) is 10.7. The summed E-state index contributed by atoms with van der Waals surface area (Å²) in [5, 5.41) is 0. The average Bonchev–Trinajstić information content (AvgIpc) is 2.76. The molecule has 0 spiro atoms. The minimum absolute atomic E-state index is 0.154. The van der Waals surface area contributed by atoms with Crippen LogP contribution in [0.25, 0.3) is 0 Å². The third-order valence-corrected chi connectivity index (χ3v) is 3.29. The number of halogens is 2. The molecule has 4 heteroatoms. The lowest BCUT2D eigenvalue weighted by atomic mass is 10.1. The summed E-state index contributed by atoms with van der Waals surface area (Å²) in [6.45, 7) is 2.54. The maximum atomic E-state index is 13.3. The number of rotatable bonds is 5. The standard InChI is InChI=1S/C15H15BrFNO/c1-2-3-15(19)12-4-5-18(10-12)9-11-6-13(16)8-14(17)7-11/h4-8,10H,2-3,9H2,1H3. The van der Waals surface area contributed by atoms with Gasteiger partial charge in [0.1, 0.15) is 5.82 Å². The van der Waals surface area contributed by atoms with Crippen molar-refractivity contribution in [1.82, 2.24) is 4.57 Å². The molecule has 19 heavy (non-hydrogen) atoms. The number of carbonyl (C=O) groups is 1. The lowest BCUT2D eigenvalue weighted by Gasteiger charge is -2.04. The van der Waals surface area contributed by atoms with Crippen LogP contribution in [0.2, 0.25) is 0 Å². The first kappa shape index (κ1) is 14.0. The van der Waals surface area contributed by atoms with Crippen molar-refractivity contribution >= 4 is 21.7 Å². The van der Waals surface area contributed by atoms with Gasteiger partial charge in [-0.1, -0.05) is 22.9 Å². The van der Waals surface area contributed by atoms with Gasteiger partial charge in [-0.25, -0.2) is 4.39 Å². The molecule has 1 aromatic carbocycles. The van der Waals surface area contributed by atoms with Crippen molar-refractivity contribution in [1.29, 1.82) is 0 Å². The number of benzene rings is 1. The predicted molar refractivity (Wildman–Crippen MR) is 76.9 cm³/mol. The highest BCUT2D eigenvalue weighted by atomic mass is 79.9. The average molecular weight is 324 g/mol. The van der Waals surface area contributed by atoms with Crippen LogP contribution in [0.4, 0.5) is 4.39 Å². The van der Waals surface area contributed by atoms with E-state index < -0.39 is 0 Å². The Hall–Kier alpha value is -1.42. The quantitative estimate of drug-likeness (QED) is 0.746. The number of ketones is 1. The third kappa shape index (κ3) is 3.77. The van der Waals surface area contributed by atoms with Crippen LogP contribution < -0.4 is 0 Å². The van der Waals surface area contributed by atoms with Crippen LogP contribution in [-0.2, 0) is 6.54 Å². The van der Waals surface area contributed by atoms with Crippen LogP contribution in [0.1, 0.15) is 35.7 Å². The van der Waals surface area contributed by atoms with Crippen LogP contribution in [0, 0.1) is 5.82 Å². The molecular formula is C15H15BrFNO. The Morgan fingerprint density at radius 2 is 2.16 bits per heavy atom. The monoisotopic (exact) mass is 323 g/mol. The zero-order chi connectivity index (χ0) is 13.8. The second kappa shape index (κ2) is 6.15. The Morgan fingerprint density at radius 3 is 2.84 bits per heavy atom. The molecular weight excluding hydrogens is 309 g/mol. The Morgan fingerprint density at radius 1 is 1.37 bits per heavy atom. The van der Waals surface area contributed by atoms with E-state index in [9.17, 15) is 9.18 Å². The van der Waals surface area contributed by atoms with Crippen LogP contribution >= 0.6 is 15.9 Å². The SMILES string of the molecule is CCCC(=O)c1ccn(Cc2cc(F)cc(Br)c2)c1. The van der Waals surface area contributed by atoms with Gasteiger partial charge in [-0.2, -0.15) is 0 Å². The van der Waals surface area contributed by atoms with Crippen LogP contribution in [0.5, 0.6) is 0 Å². The van der Waals surface area contributed by atoms with Crippen molar-refractivity contribution in [2.24, 2.45) is 0 Å². The van der Waals surface area contributed by atoms with Gasteiger partial charge in [-0.3, -0.25) is 4.79 Å². The lowest BCUT2D eigenvalue weighted by Crippen LogP contribution is -1.99. The van der Waals surface area contributed by atoms with Crippen molar-refractivity contribution in [2.75, 3.05) is 0 Å². The molecule has 0 aliphatic carbocycles. The summed E-state index contributed by atoms with van der Waals surface area (Å²) in [6.07, 6.45) is 5.08. The Balaban J connectivity index is 2.13. The van der Waals surface area contributed by atoms with Gasteiger partial charge in [0.25, 0.3) is 0 Å². The summed E-state index contributed by atoms with van der Waals surface area (Å²) < 4.78 is 15.9. The van der Waals surface area contributed by atoms with Crippen LogP contribution in [0.3, 0.4) is 0 Å². The highest BCUT2D eigenvalue weighted by molar-refractivity contribution is 9.10. The first-order chi connectivity index (χ1) is 9.08. The van der Waals surface area contributed by atoms with Gasteiger partial charge >= 0.3 is 0 Å². The molecule has 1 aromatic heterocycles. The van der Waals surface area contributed by atoms with Gasteiger partial charge < -0.3 is 4.57 Å². The molecule has 0 N–H and O–H groups in total. The van der Waals surface area contributed by atoms with Gasteiger partial charge in [0.05, 0.1) is 0 Å². The lowest BCUT2D eigenvalue weighted by molar-refractivity contribution is 0.0981. The molecule has 2 aromatic rings. The van der Waals surface area contributed by atoms with Crippen molar-refractivity contribution in [3.8, 4) is 0 Å². The molecule has 0 saturated carbocycles. The highest BCUT2D eigenvalue weighted by Gasteiger charge is 2.07. The fraction of sp³-hybridized carbons (Fsp3) is 0.267. The highest BCUT2D eigenvalue weighted by Crippen LogP contribution is 2.16. The molecule has 2 nitrogen and oxygen atoms in total. The van der Waals surface area contributed by atoms with Gasteiger partial charge in [0.2, 0.25) is 0 Å². The molecule has 1 heterocycles. The second-order valence-corrected chi connectivity index (χ2v) is 5.44. The predicted octanol–water partition coefficient (Wildman–Crippen LogP) is 4.42. The number of aromatic nitrogens is 1. The van der Waals surface area contributed by atoms with Gasteiger partial charge in [0, 0.05) is 35.4 Å². The van der Waals surface area contributed by atoms with Crippen molar-refractivity contribution < 1.29 is 9.18 Å². The molecule has 0 saturated heterocycles. The minimum Gasteiger partial charge on any atom is -0.349 e. The molecule has 0 unspecified atom stereocenters. The zero-order valence-corrected chi connectivity index (χ0v) is 12.3. The maximum Gasteiger partial charge on any atom is 0.164 e. The molecule has 0 radical (unpaired) electrons. The van der Waals surface area contributed by atoms with Crippen molar-refractivity contribution in [3.05, 3.63) is 58.1 Å². The molecule has 0 aliphatic heterocycles. The fourth-order valence-electron chi connectivity index (χ4n) is 1.99. The van der Waals surface area contributed by atoms with E-state index in [-0.39, 0.29) is 11.6 Å². The summed E-state index contributed by atoms with van der Waals surface area (Å²) in [7, 11) is 0. The number of hydrogen-bond acceptors (Lipinski definition) is 1. The van der Waals surface area contributed by atoms with E-state index in [4.69, 9.17) is 0 Å². The molecule has 0 atom stereocenters. The molecule has 0 aliphatic rings. The number of nitrogens with zero attached hydrogens (tertiary/aromatic N) is 1. The number of hydrogen-bond donors (Lipinski definition) is 0. The molecule has 100 valence electrons. The summed E-state index contributed by atoms with van der Waals surface area (Å²) >= 11 is 3.27. The topological polar surface area (TPSA) is 22.0 Å². The van der Waals surface area contributed by atoms with E-state index in [0.29, 0.717) is 13.0 Å². The largest absolute Gasteiger partial charge is 0.349 e. The van der Waals surface area contributed by atoms with E-state index in [0.717, 1.165) is 22.0 Å². The van der Waals surface area contributed by atoms with E-state index >= 15 is 0 Å². The zero-order valence-electron chi connectivity index (χ0n) is 10.7. The second-order valence-electron chi connectivity index (χ2n) is 4.52. The third-order valence-electron chi connectivity index (χ3n) is 2.84. The van der Waals surface area contributed by atoms with Gasteiger partial charge in [-0.05, 0) is 36.2 Å². The Labute approximate surface area is 120 Å². The summed E-state index contributed by atoms with van der Waals surface area (Å²) in [6, 6.07) is 6.61. The van der Waals surface area contributed by atoms with E-state index in [1.165, 1.54) is 12.1 Å². The molecule has 0 bridgehead atoms. The van der Waals surface area contributed by atoms with E-state index in [2.05, 4.69) is 15.9 Å². The number of carbonyl (C=O) groups excluding carboxylic acids is 1. The Kier molecular flexibility index (Phi) is 4.53. The van der Waals surface area contributed by atoms with E-state index in [1.54, 1.807) is 0 Å². The first-order valence-corrected chi connectivity index (χ1v) is 7.01. The summed E-state index contributed by atoms with van der Waals surface area (Å²) in [5.41, 5.74) is 1.58. The van der Waals surface area contributed by atoms with Crippen LogP contribution in [0.15, 0.2) is 41.1 Å². The Bertz CT molecular complexity index is 571. The fourth-order valence-corrected chi connectivity index (χ4v) is 2.50. The summed E-state index contributed by atoms with van der Waals surface area (Å²) in [4.78, 5) is 11.7. The summed E-state index contributed by atoms with van der Waals surface area (Å²) in [5.74, 6) is -0.111. The molecule has 2 rings (SSSR count). The minimum atomic E-state index is -0.265. The smallest absolute Gasteiger partial charge is 0.164 e. The van der Waals surface area contributed by atoms with E-state index in [1.807, 2.05) is 36.0 Å². The first-order valence-electron chi connectivity index (χ1n) is 6.22. The van der Waals surface area contributed by atoms with Gasteiger partial charge in [-0.15, -0.1) is 0 Å². The van der Waals surface area contributed by atoms with Crippen molar-refractivity contribution in [3.63, 3.8) is 0 Å². The molecule has 0 amide bonds. The maximum absolute atomic E-state index is 13.3. The molecule has 0 fully saturated rings. The number of Topliss-reactive ketones (excluding diaryl/α,β-unsaturated/α-hetero) is 1.